The van der Waals surface area contributed by atoms with E-state index in [1.54, 1.807) is 0 Å². The van der Waals surface area contributed by atoms with Crippen molar-refractivity contribution < 1.29 is 14.4 Å². The molecule has 0 radical (unpaired) electrons. The molecular weight excluding hydrogens is 378 g/mol. The van der Waals surface area contributed by atoms with Gasteiger partial charge in [0.05, 0.1) is 6.67 Å². The molecule has 0 aromatic heterocycles. The minimum absolute atomic E-state index is 0.0121. The zero-order chi connectivity index (χ0) is 21.5. The van der Waals surface area contributed by atoms with Crippen molar-refractivity contribution >= 4 is 17.7 Å². The second-order valence-electron chi connectivity index (χ2n) is 10.4. The molecule has 0 bridgehead atoms. The van der Waals surface area contributed by atoms with Crippen molar-refractivity contribution in [2.45, 2.75) is 58.4 Å². The molecule has 1 aliphatic carbocycles. The molecule has 30 heavy (non-hydrogen) atoms. The predicted molar refractivity (Wildman–Crippen MR) is 115 cm³/mol. The number of likely N-dealkylation sites (tertiary alicyclic amines) is 1. The number of benzene rings is 1. The summed E-state index contributed by atoms with van der Waals surface area (Å²) >= 11 is 0. The van der Waals surface area contributed by atoms with E-state index in [0.717, 1.165) is 37.9 Å². The van der Waals surface area contributed by atoms with Crippen LogP contribution >= 0.6 is 0 Å². The molecule has 1 N–H and O–H groups in total. The van der Waals surface area contributed by atoms with Gasteiger partial charge in [-0.1, -0.05) is 51.1 Å². The summed E-state index contributed by atoms with van der Waals surface area (Å²) in [6.45, 7) is 8.28. The normalized spacial score (nSPS) is 30.0. The molecule has 1 spiro atoms. The molecule has 1 aromatic rings. The molecule has 6 nitrogen and oxygen atoms in total. The van der Waals surface area contributed by atoms with E-state index in [2.05, 4.69) is 31.0 Å². The van der Waals surface area contributed by atoms with E-state index in [0.29, 0.717) is 25.4 Å². The maximum absolute atomic E-state index is 13.3. The van der Waals surface area contributed by atoms with E-state index in [1.165, 1.54) is 4.90 Å². The van der Waals surface area contributed by atoms with Crippen LogP contribution in [0.4, 0.5) is 4.79 Å². The second kappa shape index (κ2) is 7.80. The third kappa shape index (κ3) is 4.02. The largest absolute Gasteiger partial charge is 0.326 e. The standard InChI is InChI=1S/C24H33N3O3/c1-17-13-23(2,3)15-24(14-17)21(29)27(22(30)25-24)16-26-11-9-19(10-12-26)20(28)18-7-5-4-6-8-18/h4-8,17,19H,9-16H2,1-3H3,(H,25,30). The van der Waals surface area contributed by atoms with Crippen LogP contribution in [0.1, 0.15) is 63.2 Å². The van der Waals surface area contributed by atoms with Crippen molar-refractivity contribution in [2.75, 3.05) is 19.8 Å². The smallest absolute Gasteiger partial charge is 0.323 e. The van der Waals surface area contributed by atoms with Crippen LogP contribution in [-0.2, 0) is 4.79 Å². The van der Waals surface area contributed by atoms with Crippen molar-refractivity contribution in [3.05, 3.63) is 35.9 Å². The zero-order valence-electron chi connectivity index (χ0n) is 18.3. The van der Waals surface area contributed by atoms with Crippen molar-refractivity contribution in [1.82, 2.24) is 15.1 Å². The predicted octanol–water partition coefficient (Wildman–Crippen LogP) is 3.68. The van der Waals surface area contributed by atoms with Crippen LogP contribution in [0.5, 0.6) is 0 Å². The first kappa shape index (κ1) is 21.0. The van der Waals surface area contributed by atoms with E-state index in [-0.39, 0.29) is 29.1 Å². The number of urea groups is 1. The van der Waals surface area contributed by atoms with Gasteiger partial charge in [-0.15, -0.1) is 0 Å². The molecule has 1 saturated carbocycles. The Bertz CT molecular complexity index is 829. The van der Waals surface area contributed by atoms with Crippen LogP contribution in [-0.4, -0.2) is 52.8 Å². The molecular formula is C24H33N3O3. The van der Waals surface area contributed by atoms with Crippen molar-refractivity contribution in [3.8, 4) is 0 Å². The molecule has 162 valence electrons. The average Bonchev–Trinajstić information content (AvgIpc) is 2.90. The van der Waals surface area contributed by atoms with Crippen molar-refractivity contribution in [3.63, 3.8) is 0 Å². The van der Waals surface area contributed by atoms with Crippen LogP contribution in [0.25, 0.3) is 0 Å². The molecule has 2 unspecified atom stereocenters. The molecule has 2 heterocycles. The van der Waals surface area contributed by atoms with Crippen LogP contribution in [0, 0.1) is 17.3 Å². The van der Waals surface area contributed by atoms with E-state index in [1.807, 2.05) is 30.3 Å². The minimum atomic E-state index is -0.750. The lowest BCUT2D eigenvalue weighted by atomic mass is 9.64. The van der Waals surface area contributed by atoms with E-state index >= 15 is 0 Å². The second-order valence-corrected chi connectivity index (χ2v) is 10.4. The maximum atomic E-state index is 13.3. The van der Waals surface area contributed by atoms with Gasteiger partial charge in [0, 0.05) is 24.6 Å². The van der Waals surface area contributed by atoms with Gasteiger partial charge in [0.2, 0.25) is 0 Å². The number of hydrogen-bond acceptors (Lipinski definition) is 4. The summed E-state index contributed by atoms with van der Waals surface area (Å²) in [5.41, 5.74) is 0.0492. The number of nitrogens with zero attached hydrogens (tertiary/aromatic N) is 2. The van der Waals surface area contributed by atoms with Gasteiger partial charge in [-0.3, -0.25) is 14.5 Å². The number of nitrogens with one attached hydrogen (secondary N) is 1. The van der Waals surface area contributed by atoms with Crippen molar-refractivity contribution in [2.24, 2.45) is 17.3 Å². The molecule has 2 atom stereocenters. The molecule has 6 heteroatoms. The lowest BCUT2D eigenvalue weighted by Gasteiger charge is -2.44. The van der Waals surface area contributed by atoms with Gasteiger partial charge < -0.3 is 5.32 Å². The Hall–Kier alpha value is -2.21. The maximum Gasteiger partial charge on any atom is 0.326 e. The summed E-state index contributed by atoms with van der Waals surface area (Å²) in [6, 6.07) is 9.17. The first-order valence-corrected chi connectivity index (χ1v) is 11.1. The Kier molecular flexibility index (Phi) is 5.47. The summed E-state index contributed by atoms with van der Waals surface area (Å²) in [7, 11) is 0. The lowest BCUT2D eigenvalue weighted by Crippen LogP contribution is -2.54. The monoisotopic (exact) mass is 411 g/mol. The molecule has 3 fully saturated rings. The van der Waals surface area contributed by atoms with Gasteiger partial charge in [0.15, 0.2) is 5.78 Å². The van der Waals surface area contributed by atoms with E-state index in [9.17, 15) is 14.4 Å². The Balaban J connectivity index is 1.37. The highest BCUT2D eigenvalue weighted by Gasteiger charge is 2.56. The number of amides is 3. The van der Waals surface area contributed by atoms with Crippen molar-refractivity contribution in [1.29, 1.82) is 0 Å². The van der Waals surface area contributed by atoms with Gasteiger partial charge in [0.25, 0.3) is 5.91 Å². The average molecular weight is 412 g/mol. The van der Waals surface area contributed by atoms with Gasteiger partial charge in [-0.05, 0) is 43.4 Å². The minimum Gasteiger partial charge on any atom is -0.323 e. The first-order valence-electron chi connectivity index (χ1n) is 11.1. The van der Waals surface area contributed by atoms with E-state index in [4.69, 9.17) is 0 Å². The highest BCUT2D eigenvalue weighted by Crippen LogP contribution is 2.46. The van der Waals surface area contributed by atoms with Crippen LogP contribution in [0.15, 0.2) is 30.3 Å². The Morgan fingerprint density at radius 2 is 1.77 bits per heavy atom. The summed E-state index contributed by atoms with van der Waals surface area (Å²) in [5, 5.41) is 3.05. The SMILES string of the molecule is CC1CC(C)(C)CC2(C1)NC(=O)N(CN1CCC(C(=O)c3ccccc3)CC1)C2=O. The number of carbonyl (C=O) groups excluding carboxylic acids is 3. The van der Waals surface area contributed by atoms with Crippen LogP contribution in [0.2, 0.25) is 0 Å². The molecule has 3 amide bonds. The summed E-state index contributed by atoms with van der Waals surface area (Å²) in [6.07, 6.45) is 3.99. The quantitative estimate of drug-likeness (QED) is 0.606. The third-order valence-corrected chi connectivity index (χ3v) is 6.98. The number of rotatable bonds is 4. The highest BCUT2D eigenvalue weighted by atomic mass is 16.2. The third-order valence-electron chi connectivity index (χ3n) is 6.98. The Morgan fingerprint density at radius 3 is 2.40 bits per heavy atom. The fraction of sp³-hybridized carbons (Fsp3) is 0.625. The van der Waals surface area contributed by atoms with Gasteiger partial charge in [-0.25, -0.2) is 9.69 Å². The van der Waals surface area contributed by atoms with Gasteiger partial charge >= 0.3 is 6.03 Å². The lowest BCUT2D eigenvalue weighted by molar-refractivity contribution is -0.136. The first-order chi connectivity index (χ1) is 14.2. The van der Waals surface area contributed by atoms with Gasteiger partial charge in [0.1, 0.15) is 5.54 Å². The van der Waals surface area contributed by atoms with Gasteiger partial charge in [-0.2, -0.15) is 0 Å². The Labute approximate surface area is 179 Å². The Morgan fingerprint density at radius 1 is 1.10 bits per heavy atom. The van der Waals surface area contributed by atoms with Crippen LogP contribution < -0.4 is 5.32 Å². The number of hydrogen-bond donors (Lipinski definition) is 1. The molecule has 2 aliphatic heterocycles. The number of carbonyl (C=O) groups is 3. The van der Waals surface area contributed by atoms with Crippen LogP contribution in [0.3, 0.4) is 0 Å². The fourth-order valence-corrected chi connectivity index (χ4v) is 6.01. The van der Waals surface area contributed by atoms with E-state index < -0.39 is 5.54 Å². The highest BCUT2D eigenvalue weighted by molar-refractivity contribution is 6.07. The summed E-state index contributed by atoms with van der Waals surface area (Å²) < 4.78 is 0. The summed E-state index contributed by atoms with van der Waals surface area (Å²) in [4.78, 5) is 42.3. The molecule has 3 aliphatic rings. The topological polar surface area (TPSA) is 69.7 Å². The number of imide groups is 1. The number of piperidine rings is 1. The molecule has 2 saturated heterocycles. The summed E-state index contributed by atoms with van der Waals surface area (Å²) in [5.74, 6) is 0.535. The molecule has 4 rings (SSSR count). The molecule has 1 aromatic carbocycles. The zero-order valence-corrected chi connectivity index (χ0v) is 18.3. The number of Topliss-reactive ketones (excluding diaryl/α,β-unsaturated/α-hetero) is 1. The fourth-order valence-electron chi connectivity index (χ4n) is 6.01. The number of ketones is 1.